The van der Waals surface area contributed by atoms with Crippen LogP contribution in [0.25, 0.3) is 11.3 Å². The summed E-state index contributed by atoms with van der Waals surface area (Å²) in [5, 5.41) is 12.3. The molecule has 6 heteroatoms. The number of hydrogen-bond donors (Lipinski definition) is 1. The summed E-state index contributed by atoms with van der Waals surface area (Å²) in [5.74, 6) is 0.191. The smallest absolute Gasteiger partial charge is 0.358 e. The van der Waals surface area contributed by atoms with Crippen LogP contribution in [0, 0.1) is 6.92 Å². The number of carboxylic acid groups (broad SMARTS) is 1. The zero-order valence-corrected chi connectivity index (χ0v) is 10.8. The Bertz CT molecular complexity index is 617. The van der Waals surface area contributed by atoms with Gasteiger partial charge in [-0.2, -0.15) is 0 Å². The molecule has 19 heavy (non-hydrogen) atoms. The predicted octanol–water partition coefficient (Wildman–Crippen LogP) is 2.37. The van der Waals surface area contributed by atoms with Gasteiger partial charge < -0.3 is 19.1 Å². The van der Waals surface area contributed by atoms with Crippen molar-refractivity contribution in [1.29, 1.82) is 0 Å². The van der Waals surface area contributed by atoms with Crippen molar-refractivity contribution >= 4 is 5.97 Å². The van der Waals surface area contributed by atoms with Crippen molar-refractivity contribution in [3.05, 3.63) is 29.5 Å². The highest BCUT2D eigenvalue weighted by Gasteiger charge is 2.18. The molecule has 1 heterocycles. The molecule has 1 N–H and O–H groups in total. The van der Waals surface area contributed by atoms with E-state index in [4.69, 9.17) is 19.1 Å². The molecule has 0 spiro atoms. The first-order valence-electron chi connectivity index (χ1n) is 5.49. The minimum absolute atomic E-state index is 0.155. The second-order valence-electron chi connectivity index (χ2n) is 3.93. The van der Waals surface area contributed by atoms with Gasteiger partial charge in [-0.15, -0.1) is 0 Å². The topological polar surface area (TPSA) is 81.8 Å². The molecular weight excluding hydrogens is 250 g/mol. The number of rotatable bonds is 4. The van der Waals surface area contributed by atoms with E-state index >= 15 is 0 Å². The first kappa shape index (κ1) is 12.9. The van der Waals surface area contributed by atoms with Crippen molar-refractivity contribution in [3.8, 4) is 22.8 Å². The number of carbonyl (C=O) groups is 1. The van der Waals surface area contributed by atoms with Crippen molar-refractivity contribution in [2.75, 3.05) is 14.2 Å². The van der Waals surface area contributed by atoms with Crippen LogP contribution in [0.15, 0.2) is 22.7 Å². The highest BCUT2D eigenvalue weighted by Crippen LogP contribution is 2.39. The number of methoxy groups -OCH3 is 2. The molecular formula is C13H13NO5. The van der Waals surface area contributed by atoms with Crippen molar-refractivity contribution < 1.29 is 23.9 Å². The third kappa shape index (κ3) is 2.37. The maximum absolute atomic E-state index is 10.8. The van der Waals surface area contributed by atoms with Gasteiger partial charge in [0.15, 0.2) is 23.0 Å². The summed E-state index contributed by atoms with van der Waals surface area (Å²) in [6.07, 6.45) is 0. The lowest BCUT2D eigenvalue weighted by atomic mass is 10.1. The van der Waals surface area contributed by atoms with Crippen LogP contribution in [-0.2, 0) is 0 Å². The average molecular weight is 263 g/mol. The van der Waals surface area contributed by atoms with Crippen LogP contribution in [0.2, 0.25) is 0 Å². The van der Waals surface area contributed by atoms with Crippen molar-refractivity contribution in [1.82, 2.24) is 5.16 Å². The highest BCUT2D eigenvalue weighted by atomic mass is 16.5. The first-order chi connectivity index (χ1) is 9.06. The molecule has 2 rings (SSSR count). The minimum Gasteiger partial charge on any atom is -0.493 e. The van der Waals surface area contributed by atoms with Gasteiger partial charge in [0, 0.05) is 6.07 Å². The Hall–Kier alpha value is -2.50. The fourth-order valence-corrected chi connectivity index (χ4v) is 1.79. The van der Waals surface area contributed by atoms with Gasteiger partial charge in [0.25, 0.3) is 0 Å². The maximum atomic E-state index is 10.8. The molecule has 6 nitrogen and oxygen atoms in total. The number of nitrogens with zero attached hydrogens (tertiary/aromatic N) is 1. The van der Waals surface area contributed by atoms with E-state index < -0.39 is 5.97 Å². The van der Waals surface area contributed by atoms with E-state index in [1.807, 2.05) is 19.1 Å². The average Bonchev–Trinajstić information content (AvgIpc) is 2.87. The lowest BCUT2D eigenvalue weighted by Crippen LogP contribution is -1.95. The Balaban J connectivity index is 2.59. The monoisotopic (exact) mass is 263 g/mol. The number of aromatic carboxylic acids is 1. The van der Waals surface area contributed by atoms with E-state index in [2.05, 4.69) is 5.16 Å². The first-order valence-corrected chi connectivity index (χ1v) is 5.49. The molecule has 0 amide bonds. The summed E-state index contributed by atoms with van der Waals surface area (Å²) in [7, 11) is 3.04. The summed E-state index contributed by atoms with van der Waals surface area (Å²) < 4.78 is 15.6. The van der Waals surface area contributed by atoms with E-state index in [0.717, 1.165) is 5.56 Å². The summed E-state index contributed by atoms with van der Waals surface area (Å²) in [4.78, 5) is 10.8. The molecule has 0 radical (unpaired) electrons. The van der Waals surface area contributed by atoms with Crippen molar-refractivity contribution in [2.45, 2.75) is 6.92 Å². The number of carboxylic acids is 1. The minimum atomic E-state index is -1.14. The van der Waals surface area contributed by atoms with E-state index in [1.165, 1.54) is 20.3 Å². The Morgan fingerprint density at radius 3 is 2.53 bits per heavy atom. The van der Waals surface area contributed by atoms with Gasteiger partial charge in [-0.1, -0.05) is 5.16 Å². The van der Waals surface area contributed by atoms with Crippen molar-refractivity contribution in [3.63, 3.8) is 0 Å². The normalized spacial score (nSPS) is 10.3. The summed E-state index contributed by atoms with van der Waals surface area (Å²) in [6, 6.07) is 4.98. The predicted molar refractivity (Wildman–Crippen MR) is 66.7 cm³/mol. The zero-order valence-electron chi connectivity index (χ0n) is 10.8. The van der Waals surface area contributed by atoms with E-state index in [9.17, 15) is 4.79 Å². The maximum Gasteiger partial charge on any atom is 0.358 e. The zero-order chi connectivity index (χ0) is 14.0. The molecule has 100 valence electrons. The van der Waals surface area contributed by atoms with E-state index in [1.54, 1.807) is 0 Å². The Kier molecular flexibility index (Phi) is 3.41. The lowest BCUT2D eigenvalue weighted by Gasteiger charge is -2.11. The third-order valence-corrected chi connectivity index (χ3v) is 2.62. The van der Waals surface area contributed by atoms with Crippen LogP contribution in [0.3, 0.4) is 0 Å². The standard InChI is InChI=1S/C13H13NO5/c1-7-4-8(12(18-3)11(5-7)17-2)10-6-9(13(15)16)14-19-10/h4-6H,1-3H3,(H,15,16). The van der Waals surface area contributed by atoms with E-state index in [0.29, 0.717) is 22.8 Å². The molecule has 0 aliphatic heterocycles. The van der Waals surface area contributed by atoms with Gasteiger partial charge in [-0.05, 0) is 24.6 Å². The largest absolute Gasteiger partial charge is 0.493 e. The second-order valence-corrected chi connectivity index (χ2v) is 3.93. The number of aryl methyl sites for hydroxylation is 1. The lowest BCUT2D eigenvalue weighted by molar-refractivity contribution is 0.0686. The molecule has 0 aliphatic rings. The van der Waals surface area contributed by atoms with Crippen LogP contribution in [0.4, 0.5) is 0 Å². The Morgan fingerprint density at radius 2 is 2.00 bits per heavy atom. The van der Waals surface area contributed by atoms with Crippen LogP contribution in [0.1, 0.15) is 16.1 Å². The van der Waals surface area contributed by atoms with Gasteiger partial charge in [-0.3, -0.25) is 0 Å². The van der Waals surface area contributed by atoms with Crippen molar-refractivity contribution in [2.24, 2.45) is 0 Å². The molecule has 2 aromatic rings. The van der Waals surface area contributed by atoms with Crippen LogP contribution in [-0.4, -0.2) is 30.5 Å². The van der Waals surface area contributed by atoms with Crippen LogP contribution >= 0.6 is 0 Å². The van der Waals surface area contributed by atoms with Gasteiger partial charge in [-0.25, -0.2) is 4.79 Å². The van der Waals surface area contributed by atoms with E-state index in [-0.39, 0.29) is 5.69 Å². The van der Waals surface area contributed by atoms with Gasteiger partial charge >= 0.3 is 5.97 Å². The molecule has 0 bridgehead atoms. The highest BCUT2D eigenvalue weighted by molar-refractivity contribution is 5.87. The summed E-state index contributed by atoms with van der Waals surface area (Å²) >= 11 is 0. The molecule has 0 unspecified atom stereocenters. The molecule has 0 saturated heterocycles. The van der Waals surface area contributed by atoms with Crippen LogP contribution < -0.4 is 9.47 Å². The SMILES string of the molecule is COc1cc(C)cc(-c2cc(C(=O)O)no2)c1OC. The summed E-state index contributed by atoms with van der Waals surface area (Å²) in [6.45, 7) is 1.89. The number of hydrogen-bond acceptors (Lipinski definition) is 5. The third-order valence-electron chi connectivity index (χ3n) is 2.62. The fraction of sp³-hybridized carbons (Fsp3) is 0.231. The second kappa shape index (κ2) is 5.01. The molecule has 1 aromatic heterocycles. The molecule has 0 atom stereocenters. The van der Waals surface area contributed by atoms with Gasteiger partial charge in [0.1, 0.15) is 0 Å². The number of ether oxygens (including phenoxy) is 2. The molecule has 0 aliphatic carbocycles. The molecule has 0 fully saturated rings. The molecule has 1 aromatic carbocycles. The van der Waals surface area contributed by atoms with Crippen LogP contribution in [0.5, 0.6) is 11.5 Å². The number of benzene rings is 1. The van der Waals surface area contributed by atoms with Gasteiger partial charge in [0.2, 0.25) is 0 Å². The number of aromatic nitrogens is 1. The molecule has 0 saturated carbocycles. The Morgan fingerprint density at radius 1 is 1.26 bits per heavy atom. The summed E-state index contributed by atoms with van der Waals surface area (Å²) in [5.41, 5.74) is 1.37. The quantitative estimate of drug-likeness (QED) is 0.911. The Labute approximate surface area is 109 Å². The fourth-order valence-electron chi connectivity index (χ4n) is 1.79. The van der Waals surface area contributed by atoms with Gasteiger partial charge in [0.05, 0.1) is 19.8 Å².